The van der Waals surface area contributed by atoms with Gasteiger partial charge in [-0.3, -0.25) is 4.90 Å². The first-order chi connectivity index (χ1) is 9.67. The molecule has 0 radical (unpaired) electrons. The van der Waals surface area contributed by atoms with Gasteiger partial charge in [0, 0.05) is 19.1 Å². The van der Waals surface area contributed by atoms with Gasteiger partial charge in [0.2, 0.25) is 0 Å². The molecule has 1 fully saturated rings. The van der Waals surface area contributed by atoms with Crippen molar-refractivity contribution in [1.29, 1.82) is 0 Å². The van der Waals surface area contributed by atoms with Gasteiger partial charge in [0.05, 0.1) is 0 Å². The molecule has 1 saturated heterocycles. The highest BCUT2D eigenvalue weighted by molar-refractivity contribution is 5.22. The summed E-state index contributed by atoms with van der Waals surface area (Å²) in [7, 11) is 0. The largest absolute Gasteiger partial charge is 0.313 e. The van der Waals surface area contributed by atoms with Crippen LogP contribution in [0.3, 0.4) is 0 Å². The van der Waals surface area contributed by atoms with E-state index < -0.39 is 0 Å². The third-order valence-electron chi connectivity index (χ3n) is 4.16. The van der Waals surface area contributed by atoms with Crippen LogP contribution in [0.5, 0.6) is 0 Å². The quantitative estimate of drug-likeness (QED) is 0.819. The first kappa shape index (κ1) is 15.5. The predicted molar refractivity (Wildman–Crippen MR) is 87.0 cm³/mol. The Hall–Kier alpha value is -0.860. The number of rotatable bonds is 7. The molecule has 1 aromatic rings. The molecular formula is C18H30N2. The molecular weight excluding hydrogens is 244 g/mol. The molecule has 0 aliphatic carbocycles. The maximum Gasteiger partial charge on any atom is 0.0234 e. The van der Waals surface area contributed by atoms with Crippen molar-refractivity contribution < 1.29 is 0 Å². The summed E-state index contributed by atoms with van der Waals surface area (Å²) in [5.41, 5.74) is 2.90. The molecule has 0 spiro atoms. The van der Waals surface area contributed by atoms with Crippen molar-refractivity contribution in [1.82, 2.24) is 10.2 Å². The second kappa shape index (κ2) is 7.80. The van der Waals surface area contributed by atoms with Gasteiger partial charge in [-0.25, -0.2) is 0 Å². The fourth-order valence-electron chi connectivity index (χ4n) is 3.04. The maximum atomic E-state index is 3.60. The Morgan fingerprint density at radius 1 is 1.20 bits per heavy atom. The minimum atomic E-state index is 0.704. The molecule has 1 aliphatic rings. The normalized spacial score (nSPS) is 19.1. The molecule has 20 heavy (non-hydrogen) atoms. The summed E-state index contributed by atoms with van der Waals surface area (Å²) in [5, 5.41) is 3.60. The summed E-state index contributed by atoms with van der Waals surface area (Å²) in [6.45, 7) is 11.4. The van der Waals surface area contributed by atoms with Gasteiger partial charge in [0.25, 0.3) is 0 Å². The summed E-state index contributed by atoms with van der Waals surface area (Å²) < 4.78 is 0. The fourth-order valence-corrected chi connectivity index (χ4v) is 3.04. The second-order valence-electron chi connectivity index (χ2n) is 6.54. The van der Waals surface area contributed by atoms with Crippen LogP contribution in [0.2, 0.25) is 0 Å². The number of nitrogens with zero attached hydrogens (tertiary/aromatic N) is 1. The van der Waals surface area contributed by atoms with E-state index in [1.54, 1.807) is 0 Å². The average Bonchev–Trinajstić information content (AvgIpc) is 2.92. The Morgan fingerprint density at radius 2 is 1.90 bits per heavy atom. The van der Waals surface area contributed by atoms with E-state index in [0.717, 1.165) is 19.0 Å². The topological polar surface area (TPSA) is 15.3 Å². The molecule has 112 valence electrons. The van der Waals surface area contributed by atoms with E-state index >= 15 is 0 Å². The Labute approximate surface area is 124 Å². The van der Waals surface area contributed by atoms with Crippen LogP contribution in [0.4, 0.5) is 0 Å². The number of hydrogen-bond acceptors (Lipinski definition) is 2. The van der Waals surface area contributed by atoms with E-state index in [9.17, 15) is 0 Å². The molecule has 2 nitrogen and oxygen atoms in total. The minimum absolute atomic E-state index is 0.704. The van der Waals surface area contributed by atoms with Crippen LogP contribution in [0.1, 0.15) is 44.7 Å². The molecule has 1 N–H and O–H groups in total. The standard InChI is InChI=1S/C18H30N2/c1-4-20(14-18-6-5-11-19-18)13-17-9-7-16(8-10-17)12-15(2)3/h7-10,15,18-19H,4-6,11-14H2,1-3H3. The molecule has 0 aromatic heterocycles. The zero-order valence-corrected chi connectivity index (χ0v) is 13.4. The molecule has 1 heterocycles. The lowest BCUT2D eigenvalue weighted by molar-refractivity contribution is 0.253. The van der Waals surface area contributed by atoms with Gasteiger partial charge in [-0.2, -0.15) is 0 Å². The van der Waals surface area contributed by atoms with Crippen LogP contribution in [-0.4, -0.2) is 30.6 Å². The van der Waals surface area contributed by atoms with E-state index in [-0.39, 0.29) is 0 Å². The van der Waals surface area contributed by atoms with E-state index in [2.05, 4.69) is 55.3 Å². The van der Waals surface area contributed by atoms with Crippen molar-refractivity contribution in [2.24, 2.45) is 5.92 Å². The van der Waals surface area contributed by atoms with Gasteiger partial charge >= 0.3 is 0 Å². The van der Waals surface area contributed by atoms with Gasteiger partial charge in [-0.05, 0) is 49.4 Å². The lowest BCUT2D eigenvalue weighted by Gasteiger charge is -2.24. The Morgan fingerprint density at radius 3 is 2.45 bits per heavy atom. The van der Waals surface area contributed by atoms with Crippen molar-refractivity contribution in [3.05, 3.63) is 35.4 Å². The Kier molecular flexibility index (Phi) is 6.06. The van der Waals surface area contributed by atoms with Crippen molar-refractivity contribution >= 4 is 0 Å². The van der Waals surface area contributed by atoms with E-state index in [1.807, 2.05) is 0 Å². The summed E-state index contributed by atoms with van der Waals surface area (Å²) in [5.74, 6) is 0.737. The number of nitrogens with one attached hydrogen (secondary N) is 1. The fraction of sp³-hybridized carbons (Fsp3) is 0.667. The first-order valence-electron chi connectivity index (χ1n) is 8.21. The Balaban J connectivity index is 1.86. The zero-order chi connectivity index (χ0) is 14.4. The minimum Gasteiger partial charge on any atom is -0.313 e. The summed E-state index contributed by atoms with van der Waals surface area (Å²) >= 11 is 0. The number of hydrogen-bond donors (Lipinski definition) is 1. The predicted octanol–water partition coefficient (Wildman–Crippen LogP) is 3.46. The van der Waals surface area contributed by atoms with E-state index in [4.69, 9.17) is 0 Å². The molecule has 1 aromatic carbocycles. The Bertz CT molecular complexity index is 377. The third kappa shape index (κ3) is 4.92. The van der Waals surface area contributed by atoms with Crippen molar-refractivity contribution in [2.75, 3.05) is 19.6 Å². The monoisotopic (exact) mass is 274 g/mol. The van der Waals surface area contributed by atoms with Crippen LogP contribution >= 0.6 is 0 Å². The van der Waals surface area contributed by atoms with Gasteiger partial charge in [-0.1, -0.05) is 45.0 Å². The van der Waals surface area contributed by atoms with Crippen LogP contribution in [0.15, 0.2) is 24.3 Å². The molecule has 2 heteroatoms. The van der Waals surface area contributed by atoms with Gasteiger partial charge in [0.15, 0.2) is 0 Å². The number of likely N-dealkylation sites (N-methyl/N-ethyl adjacent to an activating group) is 1. The van der Waals surface area contributed by atoms with Crippen LogP contribution < -0.4 is 5.32 Å². The lowest BCUT2D eigenvalue weighted by atomic mass is 10.0. The average molecular weight is 274 g/mol. The molecule has 0 amide bonds. The van der Waals surface area contributed by atoms with Crippen LogP contribution in [-0.2, 0) is 13.0 Å². The van der Waals surface area contributed by atoms with Gasteiger partial charge < -0.3 is 5.32 Å². The first-order valence-corrected chi connectivity index (χ1v) is 8.21. The smallest absolute Gasteiger partial charge is 0.0234 e. The second-order valence-corrected chi connectivity index (χ2v) is 6.54. The summed E-state index contributed by atoms with van der Waals surface area (Å²) in [6, 6.07) is 9.92. The van der Waals surface area contributed by atoms with E-state index in [0.29, 0.717) is 6.04 Å². The SMILES string of the molecule is CCN(Cc1ccc(CC(C)C)cc1)CC1CCCN1. The van der Waals surface area contributed by atoms with Crippen molar-refractivity contribution in [3.63, 3.8) is 0 Å². The van der Waals surface area contributed by atoms with Crippen molar-refractivity contribution in [3.8, 4) is 0 Å². The molecule has 0 bridgehead atoms. The van der Waals surface area contributed by atoms with Crippen molar-refractivity contribution in [2.45, 2.75) is 52.6 Å². The van der Waals surface area contributed by atoms with E-state index in [1.165, 1.54) is 43.5 Å². The number of benzene rings is 1. The van der Waals surface area contributed by atoms with Gasteiger partial charge in [-0.15, -0.1) is 0 Å². The third-order valence-corrected chi connectivity index (χ3v) is 4.16. The van der Waals surface area contributed by atoms with Gasteiger partial charge in [0.1, 0.15) is 0 Å². The van der Waals surface area contributed by atoms with Crippen LogP contribution in [0, 0.1) is 5.92 Å². The van der Waals surface area contributed by atoms with Crippen LogP contribution in [0.25, 0.3) is 0 Å². The molecule has 2 rings (SSSR count). The highest BCUT2D eigenvalue weighted by Gasteiger charge is 2.17. The molecule has 1 atom stereocenters. The highest BCUT2D eigenvalue weighted by atomic mass is 15.1. The molecule has 1 aliphatic heterocycles. The summed E-state index contributed by atoms with van der Waals surface area (Å²) in [4.78, 5) is 2.56. The highest BCUT2D eigenvalue weighted by Crippen LogP contribution is 2.13. The molecule has 0 saturated carbocycles. The summed E-state index contributed by atoms with van der Waals surface area (Å²) in [6.07, 6.45) is 3.86. The molecule has 1 unspecified atom stereocenters. The zero-order valence-electron chi connectivity index (χ0n) is 13.4. The lowest BCUT2D eigenvalue weighted by Crippen LogP contribution is -2.37. The maximum absolute atomic E-state index is 3.60.